The van der Waals surface area contributed by atoms with Gasteiger partial charge in [-0.05, 0) is 24.6 Å². The SMILES string of the molecule is CCc1[nH]c(=O)ccc1C(=O)NCc1[nH]nc2ncccc12. The number of carbonyl (C=O) groups excluding carboxylic acids is 1. The van der Waals surface area contributed by atoms with Crippen LogP contribution in [0.15, 0.2) is 35.3 Å². The number of hydrogen-bond donors (Lipinski definition) is 3. The standard InChI is InChI=1S/C15H15N5O2/c1-2-11-10(5-6-13(21)18-11)15(22)17-8-12-9-4-3-7-16-14(9)20-19-12/h3-7H,2,8H2,1H3,(H,17,22)(H,18,21)(H,16,19,20). The summed E-state index contributed by atoms with van der Waals surface area (Å²) in [6.07, 6.45) is 2.25. The van der Waals surface area contributed by atoms with Crippen LogP contribution in [0.2, 0.25) is 0 Å². The van der Waals surface area contributed by atoms with E-state index in [1.807, 2.05) is 19.1 Å². The largest absolute Gasteiger partial charge is 0.346 e. The average Bonchev–Trinajstić information content (AvgIpc) is 2.95. The third-order valence-electron chi connectivity index (χ3n) is 3.43. The average molecular weight is 297 g/mol. The van der Waals surface area contributed by atoms with Gasteiger partial charge in [0.05, 0.1) is 17.8 Å². The number of fused-ring (bicyclic) bond motifs is 1. The molecule has 0 fully saturated rings. The van der Waals surface area contributed by atoms with Gasteiger partial charge in [-0.2, -0.15) is 5.10 Å². The van der Waals surface area contributed by atoms with Gasteiger partial charge in [0, 0.05) is 23.3 Å². The van der Waals surface area contributed by atoms with E-state index >= 15 is 0 Å². The van der Waals surface area contributed by atoms with Gasteiger partial charge in [-0.15, -0.1) is 0 Å². The number of aryl methyl sites for hydroxylation is 1. The highest BCUT2D eigenvalue weighted by Gasteiger charge is 2.12. The number of rotatable bonds is 4. The summed E-state index contributed by atoms with van der Waals surface area (Å²) in [4.78, 5) is 30.4. The number of hydrogen-bond acceptors (Lipinski definition) is 4. The minimum atomic E-state index is -0.236. The summed E-state index contributed by atoms with van der Waals surface area (Å²) in [7, 11) is 0. The van der Waals surface area contributed by atoms with Gasteiger partial charge in [0.15, 0.2) is 5.65 Å². The molecule has 0 aromatic carbocycles. The molecule has 0 radical (unpaired) electrons. The Labute approximate surface area is 125 Å². The fourth-order valence-electron chi connectivity index (χ4n) is 2.31. The van der Waals surface area contributed by atoms with Crippen molar-refractivity contribution < 1.29 is 4.79 Å². The summed E-state index contributed by atoms with van der Waals surface area (Å²) in [6, 6.07) is 6.61. The maximum atomic E-state index is 12.3. The first kappa shape index (κ1) is 14.0. The first-order chi connectivity index (χ1) is 10.7. The van der Waals surface area contributed by atoms with Crippen molar-refractivity contribution in [2.75, 3.05) is 0 Å². The van der Waals surface area contributed by atoms with Gasteiger partial charge >= 0.3 is 0 Å². The first-order valence-corrected chi connectivity index (χ1v) is 6.97. The predicted octanol–water partition coefficient (Wildman–Crippen LogP) is 1.14. The highest BCUT2D eigenvalue weighted by molar-refractivity contribution is 5.95. The van der Waals surface area contributed by atoms with Crippen molar-refractivity contribution in [1.29, 1.82) is 0 Å². The molecular formula is C15H15N5O2. The second-order valence-electron chi connectivity index (χ2n) is 4.83. The van der Waals surface area contributed by atoms with Crippen LogP contribution in [0.5, 0.6) is 0 Å². The fraction of sp³-hybridized carbons (Fsp3) is 0.200. The summed E-state index contributed by atoms with van der Waals surface area (Å²) < 4.78 is 0. The third kappa shape index (κ3) is 2.60. The van der Waals surface area contributed by atoms with Crippen LogP contribution in [0.4, 0.5) is 0 Å². The van der Waals surface area contributed by atoms with Crippen molar-refractivity contribution in [3.8, 4) is 0 Å². The second kappa shape index (κ2) is 5.80. The number of aromatic nitrogens is 4. The molecule has 3 aromatic rings. The Morgan fingerprint density at radius 3 is 2.95 bits per heavy atom. The normalized spacial score (nSPS) is 10.8. The molecule has 0 atom stereocenters. The van der Waals surface area contributed by atoms with Gasteiger partial charge in [0.1, 0.15) is 0 Å². The quantitative estimate of drug-likeness (QED) is 0.671. The summed E-state index contributed by atoms with van der Waals surface area (Å²) in [5.41, 5.74) is 2.30. The van der Waals surface area contributed by atoms with E-state index in [1.165, 1.54) is 6.07 Å². The van der Waals surface area contributed by atoms with E-state index in [2.05, 4.69) is 25.5 Å². The zero-order chi connectivity index (χ0) is 15.5. The zero-order valence-corrected chi connectivity index (χ0v) is 12.0. The van der Waals surface area contributed by atoms with E-state index in [9.17, 15) is 9.59 Å². The highest BCUT2D eigenvalue weighted by atomic mass is 16.1. The van der Waals surface area contributed by atoms with Crippen LogP contribution in [0.1, 0.15) is 28.7 Å². The van der Waals surface area contributed by atoms with E-state index in [0.717, 1.165) is 11.1 Å². The van der Waals surface area contributed by atoms with E-state index in [-0.39, 0.29) is 11.5 Å². The molecule has 22 heavy (non-hydrogen) atoms. The number of nitrogens with zero attached hydrogens (tertiary/aromatic N) is 2. The lowest BCUT2D eigenvalue weighted by Gasteiger charge is -2.08. The zero-order valence-electron chi connectivity index (χ0n) is 12.0. The molecule has 1 amide bonds. The molecule has 0 saturated heterocycles. The number of aromatic amines is 2. The van der Waals surface area contributed by atoms with Crippen LogP contribution >= 0.6 is 0 Å². The highest BCUT2D eigenvalue weighted by Crippen LogP contribution is 2.12. The molecule has 3 aromatic heterocycles. The van der Waals surface area contributed by atoms with Gasteiger partial charge < -0.3 is 10.3 Å². The fourth-order valence-corrected chi connectivity index (χ4v) is 2.31. The molecule has 3 heterocycles. The topological polar surface area (TPSA) is 104 Å². The molecule has 7 heteroatoms. The molecule has 0 bridgehead atoms. The van der Waals surface area contributed by atoms with Gasteiger partial charge in [0.2, 0.25) is 5.56 Å². The van der Waals surface area contributed by atoms with Crippen molar-refractivity contribution in [1.82, 2.24) is 25.5 Å². The summed E-state index contributed by atoms with van der Waals surface area (Å²) in [5.74, 6) is -0.236. The maximum absolute atomic E-state index is 12.3. The van der Waals surface area contributed by atoms with Crippen molar-refractivity contribution in [2.24, 2.45) is 0 Å². The van der Waals surface area contributed by atoms with E-state index < -0.39 is 0 Å². The number of H-pyrrole nitrogens is 2. The monoisotopic (exact) mass is 297 g/mol. The lowest BCUT2D eigenvalue weighted by atomic mass is 10.1. The predicted molar refractivity (Wildman–Crippen MR) is 81.5 cm³/mol. The van der Waals surface area contributed by atoms with Crippen LogP contribution in [0, 0.1) is 0 Å². The van der Waals surface area contributed by atoms with Crippen molar-refractivity contribution in [2.45, 2.75) is 19.9 Å². The van der Waals surface area contributed by atoms with Gasteiger partial charge in [-0.3, -0.25) is 14.7 Å². The van der Waals surface area contributed by atoms with Crippen LogP contribution in [-0.4, -0.2) is 26.1 Å². The summed E-state index contributed by atoms with van der Waals surface area (Å²) >= 11 is 0. The van der Waals surface area contributed by atoms with Crippen LogP contribution in [0.3, 0.4) is 0 Å². The van der Waals surface area contributed by atoms with Crippen LogP contribution in [0.25, 0.3) is 11.0 Å². The molecule has 7 nitrogen and oxygen atoms in total. The lowest BCUT2D eigenvalue weighted by molar-refractivity contribution is 0.0949. The second-order valence-corrected chi connectivity index (χ2v) is 4.83. The lowest BCUT2D eigenvalue weighted by Crippen LogP contribution is -2.26. The number of carbonyl (C=O) groups is 1. The molecule has 0 spiro atoms. The molecule has 0 saturated carbocycles. The van der Waals surface area contributed by atoms with Gasteiger partial charge in [0.25, 0.3) is 5.91 Å². The summed E-state index contributed by atoms with van der Waals surface area (Å²) in [6.45, 7) is 2.19. The minimum Gasteiger partial charge on any atom is -0.346 e. The van der Waals surface area contributed by atoms with Gasteiger partial charge in [-0.25, -0.2) is 4.98 Å². The molecule has 0 aliphatic carbocycles. The van der Waals surface area contributed by atoms with Crippen molar-refractivity contribution in [3.63, 3.8) is 0 Å². The Morgan fingerprint density at radius 1 is 1.27 bits per heavy atom. The van der Waals surface area contributed by atoms with E-state index in [1.54, 1.807) is 12.3 Å². The Bertz CT molecular complexity index is 881. The van der Waals surface area contributed by atoms with E-state index in [4.69, 9.17) is 0 Å². The van der Waals surface area contributed by atoms with Gasteiger partial charge in [-0.1, -0.05) is 6.92 Å². The Morgan fingerprint density at radius 2 is 2.14 bits per heavy atom. The summed E-state index contributed by atoms with van der Waals surface area (Å²) in [5, 5.41) is 10.7. The molecule has 3 N–H and O–H groups in total. The van der Waals surface area contributed by atoms with Crippen LogP contribution in [-0.2, 0) is 13.0 Å². The molecule has 3 rings (SSSR count). The van der Waals surface area contributed by atoms with Crippen molar-refractivity contribution >= 4 is 16.9 Å². The van der Waals surface area contributed by atoms with Crippen molar-refractivity contribution in [3.05, 3.63) is 57.8 Å². The first-order valence-electron chi connectivity index (χ1n) is 6.97. The smallest absolute Gasteiger partial charge is 0.253 e. The van der Waals surface area contributed by atoms with E-state index in [0.29, 0.717) is 29.9 Å². The number of amides is 1. The Hall–Kier alpha value is -2.96. The third-order valence-corrected chi connectivity index (χ3v) is 3.43. The molecular weight excluding hydrogens is 282 g/mol. The molecule has 112 valence electrons. The Balaban J connectivity index is 1.79. The molecule has 0 unspecified atom stereocenters. The minimum absolute atomic E-state index is 0.209. The van der Waals surface area contributed by atoms with Crippen LogP contribution < -0.4 is 10.9 Å². The molecule has 0 aliphatic heterocycles. The number of nitrogens with one attached hydrogen (secondary N) is 3. The number of pyridine rings is 2. The Kier molecular flexibility index (Phi) is 3.69. The maximum Gasteiger partial charge on any atom is 0.253 e. The molecule has 0 aliphatic rings.